The molecule has 3 nitrogen and oxygen atoms in total. The number of anilines is 1. The van der Waals surface area contributed by atoms with Gasteiger partial charge in [-0.05, 0) is 42.3 Å². The Balaban J connectivity index is 2.12. The van der Waals surface area contributed by atoms with Crippen LogP contribution in [-0.4, -0.2) is 19.3 Å². The van der Waals surface area contributed by atoms with Gasteiger partial charge in [-0.15, -0.1) is 0 Å². The van der Waals surface area contributed by atoms with Gasteiger partial charge in [-0.3, -0.25) is 0 Å². The van der Waals surface area contributed by atoms with Gasteiger partial charge < -0.3 is 14.7 Å². The highest BCUT2D eigenvalue weighted by Gasteiger charge is 2.09. The zero-order valence-corrected chi connectivity index (χ0v) is 14.1. The van der Waals surface area contributed by atoms with Crippen molar-refractivity contribution in [2.75, 3.05) is 19.1 Å². The molecule has 0 aliphatic rings. The van der Waals surface area contributed by atoms with Crippen LogP contribution in [0.15, 0.2) is 46.9 Å². The lowest BCUT2D eigenvalue weighted by Crippen LogP contribution is -2.16. The molecule has 2 rings (SSSR count). The van der Waals surface area contributed by atoms with Crippen LogP contribution in [0, 0.1) is 0 Å². The van der Waals surface area contributed by atoms with Crippen LogP contribution in [-0.2, 0) is 6.54 Å². The molecular formula is C17H20BrNO2. The molecule has 0 aliphatic heterocycles. The highest BCUT2D eigenvalue weighted by Crippen LogP contribution is 2.28. The van der Waals surface area contributed by atoms with Crippen molar-refractivity contribution in [3.05, 3.63) is 58.1 Å². The van der Waals surface area contributed by atoms with Crippen LogP contribution in [0.3, 0.4) is 0 Å². The number of aliphatic hydroxyl groups excluding tert-OH is 1. The number of hydrogen-bond donors (Lipinski definition) is 1. The molecule has 4 heteroatoms. The van der Waals surface area contributed by atoms with Gasteiger partial charge >= 0.3 is 0 Å². The summed E-state index contributed by atoms with van der Waals surface area (Å²) in [4.78, 5) is 2.17. The van der Waals surface area contributed by atoms with E-state index in [-0.39, 0.29) is 0 Å². The molecule has 1 N–H and O–H groups in total. The Bertz CT molecular complexity index is 596. The fraction of sp³-hybridized carbons (Fsp3) is 0.294. The van der Waals surface area contributed by atoms with Gasteiger partial charge in [0.2, 0.25) is 0 Å². The average molecular weight is 350 g/mol. The van der Waals surface area contributed by atoms with E-state index < -0.39 is 6.10 Å². The normalized spacial score (nSPS) is 12.0. The fourth-order valence-corrected chi connectivity index (χ4v) is 2.89. The third-order valence-corrected chi connectivity index (χ3v) is 4.14. The van der Waals surface area contributed by atoms with Crippen molar-refractivity contribution < 1.29 is 9.84 Å². The van der Waals surface area contributed by atoms with Crippen LogP contribution < -0.4 is 9.64 Å². The molecule has 0 aromatic heterocycles. The van der Waals surface area contributed by atoms with E-state index >= 15 is 0 Å². The lowest BCUT2D eigenvalue weighted by Gasteiger charge is -2.21. The Morgan fingerprint density at radius 2 is 1.86 bits per heavy atom. The molecular weight excluding hydrogens is 330 g/mol. The number of rotatable bonds is 5. The first kappa shape index (κ1) is 15.9. The minimum absolute atomic E-state index is 0.472. The Labute approximate surface area is 134 Å². The summed E-state index contributed by atoms with van der Waals surface area (Å²) < 4.78 is 6.09. The highest BCUT2D eigenvalue weighted by molar-refractivity contribution is 9.10. The molecule has 112 valence electrons. The molecule has 2 aromatic carbocycles. The monoisotopic (exact) mass is 349 g/mol. The summed E-state index contributed by atoms with van der Waals surface area (Å²) in [5.74, 6) is 0.866. The Morgan fingerprint density at radius 1 is 1.19 bits per heavy atom. The topological polar surface area (TPSA) is 32.7 Å². The molecule has 0 aliphatic carbocycles. The largest absolute Gasteiger partial charge is 0.497 e. The predicted octanol–water partition coefficient (Wildman–Crippen LogP) is 4.15. The van der Waals surface area contributed by atoms with Crippen molar-refractivity contribution in [1.82, 2.24) is 0 Å². The standard InChI is InChI=1S/C17H20BrNO2/c1-12(20)16-9-6-14(10-17(16)18)19(2)11-13-4-7-15(21-3)8-5-13/h4-10,12,20H,11H2,1-3H3/t12-/m1/s1. The third kappa shape index (κ3) is 3.99. The molecule has 21 heavy (non-hydrogen) atoms. The van der Waals surface area contributed by atoms with Gasteiger partial charge in [0.1, 0.15) is 5.75 Å². The number of aliphatic hydroxyl groups is 1. The summed E-state index contributed by atoms with van der Waals surface area (Å²) in [5.41, 5.74) is 3.22. The zero-order chi connectivity index (χ0) is 15.4. The summed E-state index contributed by atoms with van der Waals surface area (Å²) in [5, 5.41) is 9.66. The summed E-state index contributed by atoms with van der Waals surface area (Å²) in [7, 11) is 3.72. The molecule has 1 atom stereocenters. The SMILES string of the molecule is COc1ccc(CN(C)c2ccc([C@@H](C)O)c(Br)c2)cc1. The van der Waals surface area contributed by atoms with E-state index in [0.29, 0.717) is 0 Å². The maximum absolute atomic E-state index is 9.66. The van der Waals surface area contributed by atoms with Gasteiger partial charge in [0.05, 0.1) is 13.2 Å². The fourth-order valence-electron chi connectivity index (χ4n) is 2.19. The summed E-state index contributed by atoms with van der Waals surface area (Å²) in [6.07, 6.45) is -0.472. The molecule has 0 bridgehead atoms. The van der Waals surface area contributed by atoms with E-state index in [4.69, 9.17) is 4.74 Å². The van der Waals surface area contributed by atoms with Crippen molar-refractivity contribution in [2.45, 2.75) is 19.6 Å². The molecule has 2 aromatic rings. The Kier molecular flexibility index (Phi) is 5.26. The number of methoxy groups -OCH3 is 1. The van der Waals surface area contributed by atoms with Crippen LogP contribution in [0.5, 0.6) is 5.75 Å². The first-order chi connectivity index (χ1) is 10.0. The lowest BCUT2D eigenvalue weighted by molar-refractivity contribution is 0.198. The van der Waals surface area contributed by atoms with E-state index in [1.165, 1.54) is 5.56 Å². The highest BCUT2D eigenvalue weighted by atomic mass is 79.9. The van der Waals surface area contributed by atoms with E-state index in [1.54, 1.807) is 14.0 Å². The quantitative estimate of drug-likeness (QED) is 0.880. The number of benzene rings is 2. The maximum atomic E-state index is 9.66. The molecule has 0 spiro atoms. The molecule has 0 amide bonds. The van der Waals surface area contributed by atoms with Crippen LogP contribution in [0.1, 0.15) is 24.2 Å². The smallest absolute Gasteiger partial charge is 0.118 e. The van der Waals surface area contributed by atoms with Crippen molar-refractivity contribution >= 4 is 21.6 Å². The van der Waals surface area contributed by atoms with Crippen molar-refractivity contribution in [1.29, 1.82) is 0 Å². The van der Waals surface area contributed by atoms with Crippen LogP contribution in [0.4, 0.5) is 5.69 Å². The molecule has 0 fully saturated rings. The lowest BCUT2D eigenvalue weighted by atomic mass is 10.1. The summed E-state index contributed by atoms with van der Waals surface area (Å²) in [6.45, 7) is 2.57. The Morgan fingerprint density at radius 3 is 2.38 bits per heavy atom. The van der Waals surface area contributed by atoms with Crippen LogP contribution in [0.2, 0.25) is 0 Å². The van der Waals surface area contributed by atoms with Gasteiger partial charge in [-0.1, -0.05) is 34.1 Å². The minimum atomic E-state index is -0.472. The number of nitrogens with zero attached hydrogens (tertiary/aromatic N) is 1. The second kappa shape index (κ2) is 6.96. The van der Waals surface area contributed by atoms with Gasteiger partial charge in [-0.25, -0.2) is 0 Å². The summed E-state index contributed by atoms with van der Waals surface area (Å²) >= 11 is 3.52. The van der Waals surface area contributed by atoms with E-state index in [1.807, 2.05) is 37.4 Å². The number of ether oxygens (including phenoxy) is 1. The zero-order valence-electron chi connectivity index (χ0n) is 12.5. The molecule has 0 saturated heterocycles. The van der Waals surface area contributed by atoms with E-state index in [0.717, 1.165) is 28.0 Å². The third-order valence-electron chi connectivity index (χ3n) is 3.45. The van der Waals surface area contributed by atoms with Gasteiger partial charge in [-0.2, -0.15) is 0 Å². The van der Waals surface area contributed by atoms with Crippen molar-refractivity contribution in [3.63, 3.8) is 0 Å². The van der Waals surface area contributed by atoms with Crippen molar-refractivity contribution in [3.8, 4) is 5.75 Å². The molecule has 0 radical (unpaired) electrons. The van der Waals surface area contributed by atoms with Gasteiger partial charge in [0, 0.05) is 23.8 Å². The minimum Gasteiger partial charge on any atom is -0.497 e. The second-order valence-corrected chi connectivity index (χ2v) is 5.94. The summed E-state index contributed by atoms with van der Waals surface area (Å²) in [6, 6.07) is 14.1. The van der Waals surface area contributed by atoms with E-state index in [9.17, 15) is 5.11 Å². The number of hydrogen-bond acceptors (Lipinski definition) is 3. The predicted molar refractivity (Wildman–Crippen MR) is 89.9 cm³/mol. The Hall–Kier alpha value is -1.52. The molecule has 0 heterocycles. The van der Waals surface area contributed by atoms with Crippen LogP contribution >= 0.6 is 15.9 Å². The first-order valence-corrected chi connectivity index (χ1v) is 7.62. The first-order valence-electron chi connectivity index (χ1n) is 6.83. The van der Waals surface area contributed by atoms with E-state index in [2.05, 4.69) is 33.0 Å². The molecule has 0 saturated carbocycles. The van der Waals surface area contributed by atoms with Gasteiger partial charge in [0.15, 0.2) is 0 Å². The van der Waals surface area contributed by atoms with Crippen molar-refractivity contribution in [2.24, 2.45) is 0 Å². The molecule has 0 unspecified atom stereocenters. The van der Waals surface area contributed by atoms with Gasteiger partial charge in [0.25, 0.3) is 0 Å². The van der Waals surface area contributed by atoms with Crippen LogP contribution in [0.25, 0.3) is 0 Å². The maximum Gasteiger partial charge on any atom is 0.118 e. The second-order valence-electron chi connectivity index (χ2n) is 5.09. The average Bonchev–Trinajstić information content (AvgIpc) is 2.47. The number of halogens is 1.